The van der Waals surface area contributed by atoms with Crippen LogP contribution < -0.4 is 20.5 Å². The lowest BCUT2D eigenvalue weighted by atomic mass is 10.2. The minimum Gasteiger partial charge on any atom is -0.494 e. The molecule has 0 fully saturated rings. The molecule has 174 valence electrons. The van der Waals surface area contributed by atoms with Crippen LogP contribution >= 0.6 is 0 Å². The van der Waals surface area contributed by atoms with Crippen LogP contribution in [0.4, 0.5) is 11.5 Å². The predicted octanol–water partition coefficient (Wildman–Crippen LogP) is 3.57. The molecule has 0 aliphatic carbocycles. The number of rotatable bonds is 6. The number of benzene rings is 1. The van der Waals surface area contributed by atoms with E-state index in [0.29, 0.717) is 31.5 Å². The number of methoxy groups -OCH3 is 1. The van der Waals surface area contributed by atoms with E-state index in [-0.39, 0.29) is 6.10 Å². The Bertz CT molecular complexity index is 1280. The topological polar surface area (TPSA) is 103 Å². The molecule has 1 aromatic carbocycles. The van der Waals surface area contributed by atoms with E-state index in [2.05, 4.69) is 20.2 Å². The second-order valence-electron chi connectivity index (χ2n) is 8.15. The number of hydrogen-bond acceptors (Lipinski definition) is 8. The Labute approximate surface area is 198 Å². The Morgan fingerprint density at radius 2 is 2.09 bits per heavy atom. The fourth-order valence-corrected chi connectivity index (χ4v) is 4.00. The van der Waals surface area contributed by atoms with Crippen LogP contribution in [0.1, 0.15) is 23.1 Å². The summed E-state index contributed by atoms with van der Waals surface area (Å²) in [5.74, 6) is 1.98. The van der Waals surface area contributed by atoms with E-state index in [1.54, 1.807) is 19.6 Å². The van der Waals surface area contributed by atoms with Crippen molar-refractivity contribution in [3.05, 3.63) is 84.2 Å². The number of imidazole rings is 1. The molecule has 0 saturated heterocycles. The average molecular weight is 458 g/mol. The SMILES string of the molecule is COc1cc(Nc2ccc3c(n2)OC(c2ccccn2)CN(CN)C3)ccc1-n1cnc(C)c1. The lowest BCUT2D eigenvalue weighted by Crippen LogP contribution is -2.33. The van der Waals surface area contributed by atoms with Crippen LogP contribution in [0.3, 0.4) is 0 Å². The monoisotopic (exact) mass is 457 g/mol. The number of nitrogens with one attached hydrogen (secondary N) is 1. The summed E-state index contributed by atoms with van der Waals surface area (Å²) < 4.78 is 13.9. The maximum absolute atomic E-state index is 6.33. The standard InChI is InChI=1S/C25H27N7O2/c1-17-12-32(16-28-17)21-8-7-19(11-22(21)33-2)29-24-9-6-18-13-31(15-26)14-23(34-25(18)30-24)20-5-3-4-10-27-20/h3-12,16,23H,13-15,26H2,1-2H3,(H,29,30). The van der Waals surface area contributed by atoms with Crippen LogP contribution in [0.2, 0.25) is 0 Å². The van der Waals surface area contributed by atoms with E-state index in [1.165, 1.54) is 0 Å². The maximum Gasteiger partial charge on any atom is 0.220 e. The Kier molecular flexibility index (Phi) is 6.11. The second kappa shape index (κ2) is 9.50. The number of pyridine rings is 2. The zero-order chi connectivity index (χ0) is 23.5. The van der Waals surface area contributed by atoms with E-state index in [0.717, 1.165) is 34.1 Å². The molecule has 34 heavy (non-hydrogen) atoms. The van der Waals surface area contributed by atoms with Gasteiger partial charge in [-0.3, -0.25) is 9.88 Å². The number of nitrogens with two attached hydrogens (primary N) is 1. The molecule has 0 spiro atoms. The molecule has 1 aliphatic rings. The molecule has 1 aliphatic heterocycles. The predicted molar refractivity (Wildman–Crippen MR) is 129 cm³/mol. The number of aryl methyl sites for hydroxylation is 1. The van der Waals surface area contributed by atoms with Crippen molar-refractivity contribution in [3.63, 3.8) is 0 Å². The van der Waals surface area contributed by atoms with Gasteiger partial charge < -0.3 is 25.1 Å². The Morgan fingerprint density at radius 3 is 2.82 bits per heavy atom. The molecular weight excluding hydrogens is 430 g/mol. The van der Waals surface area contributed by atoms with Crippen LogP contribution in [0.15, 0.2) is 67.3 Å². The molecule has 0 amide bonds. The summed E-state index contributed by atoms with van der Waals surface area (Å²) in [6, 6.07) is 15.7. The molecule has 1 unspecified atom stereocenters. The molecule has 0 radical (unpaired) electrons. The van der Waals surface area contributed by atoms with Gasteiger partial charge in [-0.05, 0) is 43.3 Å². The second-order valence-corrected chi connectivity index (χ2v) is 8.15. The number of fused-ring (bicyclic) bond motifs is 1. The summed E-state index contributed by atoms with van der Waals surface area (Å²) in [7, 11) is 1.65. The van der Waals surface area contributed by atoms with Crippen LogP contribution in [-0.4, -0.2) is 44.7 Å². The molecule has 3 aromatic heterocycles. The molecular formula is C25H27N7O2. The van der Waals surface area contributed by atoms with E-state index in [9.17, 15) is 0 Å². The summed E-state index contributed by atoms with van der Waals surface area (Å²) in [5, 5.41) is 3.36. The van der Waals surface area contributed by atoms with Gasteiger partial charge in [-0.2, -0.15) is 4.98 Å². The van der Waals surface area contributed by atoms with E-state index in [4.69, 9.17) is 20.2 Å². The zero-order valence-corrected chi connectivity index (χ0v) is 19.2. The van der Waals surface area contributed by atoms with Gasteiger partial charge in [0.2, 0.25) is 5.88 Å². The van der Waals surface area contributed by atoms with Gasteiger partial charge in [0.05, 0.1) is 30.5 Å². The molecule has 9 nitrogen and oxygen atoms in total. The van der Waals surface area contributed by atoms with Crippen LogP contribution in [-0.2, 0) is 6.54 Å². The first-order chi connectivity index (χ1) is 16.6. The first kappa shape index (κ1) is 21.9. The van der Waals surface area contributed by atoms with Gasteiger partial charge in [0.1, 0.15) is 11.6 Å². The first-order valence-corrected chi connectivity index (χ1v) is 11.1. The Morgan fingerprint density at radius 1 is 1.18 bits per heavy atom. The van der Waals surface area contributed by atoms with Gasteiger partial charge in [-0.25, -0.2) is 4.98 Å². The van der Waals surface area contributed by atoms with Crippen molar-refractivity contribution in [2.45, 2.75) is 19.6 Å². The number of ether oxygens (including phenoxy) is 2. The van der Waals surface area contributed by atoms with Crippen molar-refractivity contribution in [1.29, 1.82) is 0 Å². The minimum absolute atomic E-state index is 0.258. The molecule has 5 rings (SSSR count). The van der Waals surface area contributed by atoms with Crippen molar-refractivity contribution < 1.29 is 9.47 Å². The summed E-state index contributed by atoms with van der Waals surface area (Å²) in [5.41, 5.74) is 10.5. The number of aromatic nitrogens is 4. The third-order valence-electron chi connectivity index (χ3n) is 5.73. The smallest absolute Gasteiger partial charge is 0.220 e. The van der Waals surface area contributed by atoms with Gasteiger partial charge in [0, 0.05) is 49.5 Å². The van der Waals surface area contributed by atoms with Gasteiger partial charge in [-0.1, -0.05) is 6.07 Å². The average Bonchev–Trinajstić information content (AvgIpc) is 3.21. The lowest BCUT2D eigenvalue weighted by molar-refractivity contribution is 0.143. The third kappa shape index (κ3) is 4.57. The summed E-state index contributed by atoms with van der Waals surface area (Å²) >= 11 is 0. The van der Waals surface area contributed by atoms with Crippen molar-refractivity contribution in [1.82, 2.24) is 24.4 Å². The quantitative estimate of drug-likeness (QED) is 0.453. The highest BCUT2D eigenvalue weighted by Gasteiger charge is 2.25. The number of nitrogens with zero attached hydrogens (tertiary/aromatic N) is 5. The minimum atomic E-state index is -0.258. The third-order valence-corrected chi connectivity index (χ3v) is 5.73. The molecule has 0 saturated carbocycles. The van der Waals surface area contributed by atoms with E-state index < -0.39 is 0 Å². The number of anilines is 2. The van der Waals surface area contributed by atoms with Crippen LogP contribution in [0.5, 0.6) is 11.6 Å². The highest BCUT2D eigenvalue weighted by Crippen LogP contribution is 2.32. The van der Waals surface area contributed by atoms with Crippen molar-refractivity contribution in [2.75, 3.05) is 25.6 Å². The van der Waals surface area contributed by atoms with Crippen molar-refractivity contribution >= 4 is 11.5 Å². The maximum atomic E-state index is 6.33. The van der Waals surface area contributed by atoms with Crippen LogP contribution in [0.25, 0.3) is 5.69 Å². The van der Waals surface area contributed by atoms with Crippen molar-refractivity contribution in [2.24, 2.45) is 5.73 Å². The molecule has 1 atom stereocenters. The number of hydrogen-bond donors (Lipinski definition) is 2. The summed E-state index contributed by atoms with van der Waals surface area (Å²) in [6.07, 6.45) is 5.24. The highest BCUT2D eigenvalue weighted by atomic mass is 16.5. The molecule has 3 N–H and O–H groups in total. The molecule has 4 aromatic rings. The van der Waals surface area contributed by atoms with Crippen LogP contribution in [0, 0.1) is 6.92 Å². The molecule has 4 heterocycles. The fourth-order valence-electron chi connectivity index (χ4n) is 4.00. The van der Waals surface area contributed by atoms with Crippen molar-refractivity contribution in [3.8, 4) is 17.3 Å². The van der Waals surface area contributed by atoms with Gasteiger partial charge in [0.25, 0.3) is 0 Å². The fraction of sp³-hybridized carbons (Fsp3) is 0.240. The summed E-state index contributed by atoms with van der Waals surface area (Å²) in [6.45, 7) is 3.68. The largest absolute Gasteiger partial charge is 0.494 e. The van der Waals surface area contributed by atoms with Gasteiger partial charge in [0.15, 0.2) is 6.10 Å². The lowest BCUT2D eigenvalue weighted by Gasteiger charge is -2.21. The highest BCUT2D eigenvalue weighted by molar-refractivity contribution is 5.63. The Balaban J connectivity index is 1.41. The first-order valence-electron chi connectivity index (χ1n) is 11.1. The Hall–Kier alpha value is -3.95. The normalized spacial score (nSPS) is 15.8. The summed E-state index contributed by atoms with van der Waals surface area (Å²) in [4.78, 5) is 15.7. The van der Waals surface area contributed by atoms with Gasteiger partial charge in [-0.15, -0.1) is 0 Å². The molecule has 9 heteroatoms. The van der Waals surface area contributed by atoms with E-state index in [1.807, 2.05) is 66.2 Å². The zero-order valence-electron chi connectivity index (χ0n) is 19.2. The van der Waals surface area contributed by atoms with Gasteiger partial charge >= 0.3 is 0 Å². The van der Waals surface area contributed by atoms with E-state index >= 15 is 0 Å². The molecule has 0 bridgehead atoms.